The first-order valence-electron chi connectivity index (χ1n) is 8.90. The Morgan fingerprint density at radius 2 is 2.00 bits per heavy atom. The Hall–Kier alpha value is -2.41. The molecule has 1 unspecified atom stereocenters. The van der Waals surface area contributed by atoms with Gasteiger partial charge in [-0.1, -0.05) is 41.4 Å². The molecule has 3 aromatic rings. The molecular formula is C20H17Cl2N3O3. The van der Waals surface area contributed by atoms with Crippen LogP contribution in [0.15, 0.2) is 30.3 Å². The van der Waals surface area contributed by atoms with E-state index in [2.05, 4.69) is 10.1 Å². The van der Waals surface area contributed by atoms with E-state index in [9.17, 15) is 9.90 Å². The third kappa shape index (κ3) is 3.76. The van der Waals surface area contributed by atoms with Gasteiger partial charge >= 0.3 is 5.97 Å². The summed E-state index contributed by atoms with van der Waals surface area (Å²) in [6, 6.07) is 8.67. The summed E-state index contributed by atoms with van der Waals surface area (Å²) in [6.45, 7) is 0.633. The first-order valence-corrected chi connectivity index (χ1v) is 9.66. The van der Waals surface area contributed by atoms with Crippen molar-refractivity contribution in [1.82, 2.24) is 14.8 Å². The number of fused-ring (bicyclic) bond motifs is 1. The van der Waals surface area contributed by atoms with E-state index in [0.29, 0.717) is 28.4 Å². The predicted octanol–water partition coefficient (Wildman–Crippen LogP) is 5.31. The number of carbonyl (C=O) groups is 1. The van der Waals surface area contributed by atoms with Crippen LogP contribution in [0.3, 0.4) is 0 Å². The van der Waals surface area contributed by atoms with Gasteiger partial charge in [0.2, 0.25) is 0 Å². The number of aromatic nitrogens is 3. The van der Waals surface area contributed by atoms with Gasteiger partial charge in [0.1, 0.15) is 5.15 Å². The lowest BCUT2D eigenvalue weighted by atomic mass is 10.1. The molecule has 0 aliphatic carbocycles. The molecule has 1 aliphatic rings. The average Bonchev–Trinajstić information content (AvgIpc) is 3.06. The topological polar surface area (TPSA) is 77.2 Å². The highest BCUT2D eigenvalue weighted by atomic mass is 35.5. The fraction of sp³-hybridized carbons (Fsp3) is 0.250. The molecule has 3 heterocycles. The zero-order valence-electron chi connectivity index (χ0n) is 14.8. The largest absolute Gasteiger partial charge is 0.478 e. The number of ether oxygens (including phenoxy) is 1. The third-order valence-corrected chi connectivity index (χ3v) is 5.07. The van der Waals surface area contributed by atoms with E-state index < -0.39 is 5.97 Å². The normalized spacial score (nSPS) is 17.4. The molecule has 6 nitrogen and oxygen atoms in total. The SMILES string of the molecule is O=C(O)c1cc(Cl)nc2c1c(C=Cc1ccc(Cl)cc1)nn2C1CCCCO1. The highest BCUT2D eigenvalue weighted by Gasteiger charge is 2.25. The molecule has 0 bridgehead atoms. The summed E-state index contributed by atoms with van der Waals surface area (Å²) in [6.07, 6.45) is 6.12. The molecule has 2 aromatic heterocycles. The fourth-order valence-electron chi connectivity index (χ4n) is 3.28. The minimum absolute atomic E-state index is 0.0628. The number of nitrogens with zero attached hydrogens (tertiary/aromatic N) is 3. The Bertz CT molecular complexity index is 1050. The van der Waals surface area contributed by atoms with Crippen LogP contribution in [0.2, 0.25) is 10.2 Å². The van der Waals surface area contributed by atoms with Crippen LogP contribution in [-0.4, -0.2) is 32.4 Å². The van der Waals surface area contributed by atoms with Crippen LogP contribution in [0.1, 0.15) is 47.1 Å². The van der Waals surface area contributed by atoms with Gasteiger partial charge in [-0.05, 0) is 49.1 Å². The number of benzene rings is 1. The van der Waals surface area contributed by atoms with E-state index in [-0.39, 0.29) is 16.9 Å². The van der Waals surface area contributed by atoms with Gasteiger partial charge in [-0.3, -0.25) is 0 Å². The molecular weight excluding hydrogens is 401 g/mol. The van der Waals surface area contributed by atoms with Crippen molar-refractivity contribution in [2.24, 2.45) is 0 Å². The van der Waals surface area contributed by atoms with Crippen molar-refractivity contribution in [3.05, 3.63) is 57.3 Å². The van der Waals surface area contributed by atoms with E-state index >= 15 is 0 Å². The monoisotopic (exact) mass is 417 g/mol. The molecule has 1 fully saturated rings. The first kappa shape index (κ1) is 18.9. The van der Waals surface area contributed by atoms with E-state index in [0.717, 1.165) is 24.8 Å². The molecule has 8 heteroatoms. The van der Waals surface area contributed by atoms with Gasteiger partial charge in [-0.2, -0.15) is 5.10 Å². The molecule has 0 saturated carbocycles. The van der Waals surface area contributed by atoms with Crippen molar-refractivity contribution in [3.63, 3.8) is 0 Å². The molecule has 1 aromatic carbocycles. The van der Waals surface area contributed by atoms with E-state index in [4.69, 9.17) is 27.9 Å². The standard InChI is InChI=1S/C20H17Cl2N3O3/c21-13-7-4-12(5-8-13)6-9-15-18-14(20(26)27)11-16(22)23-19(18)25(24-15)17-3-1-2-10-28-17/h4-9,11,17H,1-3,10H2,(H,26,27). The molecule has 0 amide bonds. The van der Waals surface area contributed by atoms with Gasteiger partial charge in [0.05, 0.1) is 16.6 Å². The first-order chi connectivity index (χ1) is 13.5. The highest BCUT2D eigenvalue weighted by Crippen LogP contribution is 2.31. The zero-order chi connectivity index (χ0) is 19.7. The summed E-state index contributed by atoms with van der Waals surface area (Å²) in [4.78, 5) is 16.2. The zero-order valence-corrected chi connectivity index (χ0v) is 16.3. The van der Waals surface area contributed by atoms with Gasteiger partial charge < -0.3 is 9.84 Å². The van der Waals surface area contributed by atoms with Crippen molar-refractivity contribution >= 4 is 52.4 Å². The number of aromatic carboxylic acids is 1. The van der Waals surface area contributed by atoms with Crippen LogP contribution in [0, 0.1) is 0 Å². The van der Waals surface area contributed by atoms with Gasteiger partial charge in [-0.25, -0.2) is 14.5 Å². The number of hydrogen-bond donors (Lipinski definition) is 1. The molecule has 28 heavy (non-hydrogen) atoms. The van der Waals surface area contributed by atoms with Crippen LogP contribution in [0.25, 0.3) is 23.2 Å². The maximum absolute atomic E-state index is 11.8. The second kappa shape index (κ2) is 7.91. The number of halogens is 2. The summed E-state index contributed by atoms with van der Waals surface area (Å²) in [7, 11) is 0. The summed E-state index contributed by atoms with van der Waals surface area (Å²) < 4.78 is 7.48. The molecule has 1 aliphatic heterocycles. The van der Waals surface area contributed by atoms with Crippen molar-refractivity contribution in [2.45, 2.75) is 25.5 Å². The maximum atomic E-state index is 11.8. The highest BCUT2D eigenvalue weighted by molar-refractivity contribution is 6.31. The van der Waals surface area contributed by atoms with Gasteiger partial charge in [0, 0.05) is 11.6 Å². The fourth-order valence-corrected chi connectivity index (χ4v) is 3.60. The molecule has 1 atom stereocenters. The summed E-state index contributed by atoms with van der Waals surface area (Å²) >= 11 is 12.0. The van der Waals surface area contributed by atoms with Crippen molar-refractivity contribution in [2.75, 3.05) is 6.61 Å². The molecule has 4 rings (SSSR count). The van der Waals surface area contributed by atoms with Crippen LogP contribution in [0.5, 0.6) is 0 Å². The van der Waals surface area contributed by atoms with Crippen LogP contribution in [-0.2, 0) is 4.74 Å². The van der Waals surface area contributed by atoms with Crippen molar-refractivity contribution in [3.8, 4) is 0 Å². The Labute approximate surface area is 171 Å². The van der Waals surface area contributed by atoms with Crippen LogP contribution in [0.4, 0.5) is 0 Å². The second-order valence-electron chi connectivity index (χ2n) is 6.53. The third-order valence-electron chi connectivity index (χ3n) is 4.62. The number of hydrogen-bond acceptors (Lipinski definition) is 4. The average molecular weight is 418 g/mol. The second-order valence-corrected chi connectivity index (χ2v) is 7.36. The van der Waals surface area contributed by atoms with Gasteiger partial charge in [0.15, 0.2) is 11.9 Å². The Balaban J connectivity index is 1.86. The van der Waals surface area contributed by atoms with Crippen molar-refractivity contribution in [1.29, 1.82) is 0 Å². The van der Waals surface area contributed by atoms with E-state index in [1.165, 1.54) is 6.07 Å². The Kier molecular flexibility index (Phi) is 5.35. The summed E-state index contributed by atoms with van der Waals surface area (Å²) in [5, 5.41) is 15.5. The molecule has 0 radical (unpaired) electrons. The lowest BCUT2D eigenvalue weighted by Crippen LogP contribution is -2.19. The lowest BCUT2D eigenvalue weighted by molar-refractivity contribution is -0.0370. The molecule has 1 saturated heterocycles. The molecule has 144 valence electrons. The number of rotatable bonds is 4. The Morgan fingerprint density at radius 3 is 2.68 bits per heavy atom. The minimum Gasteiger partial charge on any atom is -0.478 e. The smallest absolute Gasteiger partial charge is 0.336 e. The number of carboxylic acid groups (broad SMARTS) is 1. The van der Waals surface area contributed by atoms with Gasteiger partial charge in [0.25, 0.3) is 0 Å². The number of carboxylic acids is 1. The molecule has 1 N–H and O–H groups in total. The number of pyridine rings is 1. The van der Waals surface area contributed by atoms with E-state index in [1.807, 2.05) is 18.2 Å². The van der Waals surface area contributed by atoms with Crippen molar-refractivity contribution < 1.29 is 14.6 Å². The summed E-state index contributed by atoms with van der Waals surface area (Å²) in [5.74, 6) is -1.08. The Morgan fingerprint density at radius 1 is 1.21 bits per heavy atom. The summed E-state index contributed by atoms with van der Waals surface area (Å²) in [5.41, 5.74) is 1.89. The van der Waals surface area contributed by atoms with Gasteiger partial charge in [-0.15, -0.1) is 0 Å². The molecule has 0 spiro atoms. The van der Waals surface area contributed by atoms with E-state index in [1.54, 1.807) is 22.9 Å². The predicted molar refractivity (Wildman–Crippen MR) is 109 cm³/mol. The minimum atomic E-state index is -1.08. The van der Waals surface area contributed by atoms with Crippen LogP contribution >= 0.6 is 23.2 Å². The van der Waals surface area contributed by atoms with Crippen LogP contribution < -0.4 is 0 Å². The maximum Gasteiger partial charge on any atom is 0.336 e. The quantitative estimate of drug-likeness (QED) is 0.582. The lowest BCUT2D eigenvalue weighted by Gasteiger charge is -2.23.